The summed E-state index contributed by atoms with van der Waals surface area (Å²) in [7, 11) is 0. The van der Waals surface area contributed by atoms with Crippen molar-refractivity contribution in [1.82, 2.24) is 14.9 Å². The molecule has 0 bridgehead atoms. The third kappa shape index (κ3) is 1.88. The van der Waals surface area contributed by atoms with Gasteiger partial charge in [-0.2, -0.15) is 0 Å². The van der Waals surface area contributed by atoms with Crippen molar-refractivity contribution in [2.45, 2.75) is 37.1 Å². The Morgan fingerprint density at radius 3 is 2.61 bits per heavy atom. The number of amides is 1. The number of carboxylic acid groups (broad SMARTS) is 1. The molecule has 2 N–H and O–H groups in total. The molecule has 2 aliphatic heterocycles. The highest BCUT2D eigenvalue weighted by Crippen LogP contribution is 2.69. The first-order valence-electron chi connectivity index (χ1n) is 7.41. The van der Waals surface area contributed by atoms with Crippen molar-refractivity contribution in [1.29, 1.82) is 0 Å². The van der Waals surface area contributed by atoms with Crippen molar-refractivity contribution in [2.75, 3.05) is 0 Å². The molecule has 3 heterocycles. The zero-order chi connectivity index (χ0) is 16.4. The number of carbonyl (C=O) groups excluding carboxylic acids is 1. The molecule has 1 saturated heterocycles. The second kappa shape index (κ2) is 4.78. The highest BCUT2D eigenvalue weighted by Gasteiger charge is 2.72. The van der Waals surface area contributed by atoms with E-state index in [-0.39, 0.29) is 23.1 Å². The Balaban J connectivity index is 1.77. The maximum Gasteiger partial charge on any atom is 0.353 e. The van der Waals surface area contributed by atoms with E-state index in [1.54, 1.807) is 25.4 Å². The number of rotatable bonds is 4. The molecule has 0 radical (unpaired) electrons. The lowest BCUT2D eigenvalue weighted by molar-refractivity contribution is -0.164. The van der Waals surface area contributed by atoms with Crippen LogP contribution >= 0.6 is 11.8 Å². The minimum atomic E-state index is -1.12. The highest BCUT2D eigenvalue weighted by atomic mass is 32.2. The van der Waals surface area contributed by atoms with Crippen molar-refractivity contribution >= 4 is 23.6 Å². The quantitative estimate of drug-likeness (QED) is 0.622. The lowest BCUT2D eigenvalue weighted by Crippen LogP contribution is -2.64. The van der Waals surface area contributed by atoms with Crippen LogP contribution in [0.4, 0.5) is 0 Å². The molecule has 1 spiro atoms. The Hall–Kier alpha value is -1.93. The average molecular weight is 333 g/mol. The number of aromatic nitrogens is 2. The first-order chi connectivity index (χ1) is 11.0. The van der Waals surface area contributed by atoms with E-state index in [0.29, 0.717) is 10.1 Å². The zero-order valence-corrected chi connectivity index (χ0v) is 13.2. The number of aliphatic hydroxyl groups excluding tert-OH is 1. The smallest absolute Gasteiger partial charge is 0.353 e. The van der Waals surface area contributed by atoms with Crippen molar-refractivity contribution in [3.05, 3.63) is 29.1 Å². The molecule has 3 atom stereocenters. The fraction of sp³-hybridized carbons (Fsp3) is 0.467. The number of carbonyl (C=O) groups is 2. The van der Waals surface area contributed by atoms with Crippen LogP contribution in [0.25, 0.3) is 0 Å². The molecular weight excluding hydrogens is 318 g/mol. The number of β-lactam (4-membered cyclic amide) rings is 1. The molecule has 3 unspecified atom stereocenters. The summed E-state index contributed by atoms with van der Waals surface area (Å²) < 4.78 is 0. The van der Waals surface area contributed by atoms with Crippen LogP contribution in [-0.2, 0) is 9.59 Å². The maximum atomic E-state index is 12.3. The summed E-state index contributed by atoms with van der Waals surface area (Å²) in [4.78, 5) is 34.4. The van der Waals surface area contributed by atoms with Gasteiger partial charge in [0.2, 0.25) is 5.91 Å². The van der Waals surface area contributed by atoms with Gasteiger partial charge in [-0.05, 0) is 25.8 Å². The molecular formula is C15H15N3O4S. The summed E-state index contributed by atoms with van der Waals surface area (Å²) in [5.74, 6) is -1.95. The molecule has 1 aromatic heterocycles. The summed E-state index contributed by atoms with van der Waals surface area (Å²) in [5.41, 5.74) is -0.320. The van der Waals surface area contributed by atoms with Crippen LogP contribution in [0.1, 0.15) is 19.8 Å². The van der Waals surface area contributed by atoms with Gasteiger partial charge in [-0.15, -0.1) is 0 Å². The molecule has 23 heavy (non-hydrogen) atoms. The molecule has 1 amide bonds. The summed E-state index contributed by atoms with van der Waals surface area (Å²) in [5, 5.41) is 20.0. The van der Waals surface area contributed by atoms with Gasteiger partial charge in [0.1, 0.15) is 5.70 Å². The molecule has 8 heteroatoms. The van der Waals surface area contributed by atoms with Gasteiger partial charge >= 0.3 is 5.97 Å². The molecule has 0 aromatic carbocycles. The molecule has 1 aliphatic carbocycles. The van der Waals surface area contributed by atoms with Crippen LogP contribution in [-0.4, -0.2) is 49.1 Å². The summed E-state index contributed by atoms with van der Waals surface area (Å²) in [6.07, 6.45) is 4.05. The minimum absolute atomic E-state index is 0.0341. The number of thioether (sulfide) groups is 1. The Labute approximate surface area is 136 Å². The Kier molecular flexibility index (Phi) is 3.05. The van der Waals surface area contributed by atoms with E-state index in [2.05, 4.69) is 9.97 Å². The predicted molar refractivity (Wildman–Crippen MR) is 80.0 cm³/mol. The lowest BCUT2D eigenvalue weighted by atomic mass is 9.76. The fourth-order valence-corrected chi connectivity index (χ4v) is 4.96. The van der Waals surface area contributed by atoms with Crippen LogP contribution in [0.2, 0.25) is 0 Å². The Morgan fingerprint density at radius 2 is 2.09 bits per heavy atom. The predicted octanol–water partition coefficient (Wildman–Crippen LogP) is 0.867. The Bertz CT molecular complexity index is 729. The maximum absolute atomic E-state index is 12.3. The average Bonchev–Trinajstić information content (AvgIpc) is 3.24. The van der Waals surface area contributed by atoms with Crippen LogP contribution < -0.4 is 0 Å². The second-order valence-electron chi connectivity index (χ2n) is 6.19. The summed E-state index contributed by atoms with van der Waals surface area (Å²) >= 11 is 1.22. The van der Waals surface area contributed by atoms with Crippen molar-refractivity contribution < 1.29 is 19.8 Å². The molecule has 4 rings (SSSR count). The van der Waals surface area contributed by atoms with Gasteiger partial charge < -0.3 is 15.1 Å². The molecule has 3 aliphatic rings. The number of nitrogens with zero attached hydrogens (tertiary/aromatic N) is 3. The number of hydrogen-bond donors (Lipinski definition) is 2. The third-order valence-electron chi connectivity index (χ3n) is 4.86. The standard InChI is InChI=1S/C15H15N3O4S/c1-7(19)8-10-15(3-4-15)11(23-14-16-5-2-6-17-14)9(13(21)22)18(10)12(8)20/h2,5-8,10,19H,3-4H2,1H3,(H,21,22). The number of hydrogen-bond acceptors (Lipinski definition) is 6. The first-order valence-corrected chi connectivity index (χ1v) is 8.23. The first kappa shape index (κ1) is 14.6. The number of carboxylic acids is 1. The highest BCUT2D eigenvalue weighted by molar-refractivity contribution is 8.03. The van der Waals surface area contributed by atoms with Gasteiger partial charge in [0.25, 0.3) is 0 Å². The number of aliphatic carboxylic acids is 1. The molecule has 2 fully saturated rings. The molecule has 7 nitrogen and oxygen atoms in total. The van der Waals surface area contributed by atoms with Gasteiger partial charge in [0.05, 0.1) is 18.1 Å². The second-order valence-corrected chi connectivity index (χ2v) is 7.17. The monoisotopic (exact) mass is 333 g/mol. The van der Waals surface area contributed by atoms with E-state index < -0.39 is 18.0 Å². The largest absolute Gasteiger partial charge is 0.477 e. The summed E-state index contributed by atoms with van der Waals surface area (Å²) in [6.45, 7) is 1.59. The van der Waals surface area contributed by atoms with Gasteiger partial charge in [0, 0.05) is 22.7 Å². The van der Waals surface area contributed by atoms with Gasteiger partial charge in [-0.25, -0.2) is 14.8 Å². The zero-order valence-electron chi connectivity index (χ0n) is 12.3. The van der Waals surface area contributed by atoms with E-state index in [1.807, 2.05) is 0 Å². The van der Waals surface area contributed by atoms with Crippen molar-refractivity contribution in [3.63, 3.8) is 0 Å². The van der Waals surface area contributed by atoms with E-state index in [1.165, 1.54) is 16.7 Å². The summed E-state index contributed by atoms with van der Waals surface area (Å²) in [6, 6.07) is 1.44. The van der Waals surface area contributed by atoms with Crippen molar-refractivity contribution in [2.24, 2.45) is 11.3 Å². The SMILES string of the molecule is CC(O)C1C(=O)N2C(C(=O)O)=C(Sc3ncccn3)C3(CC3)C12. The number of fused-ring (bicyclic) bond motifs is 2. The van der Waals surface area contributed by atoms with Gasteiger partial charge in [-0.3, -0.25) is 4.79 Å². The van der Waals surface area contributed by atoms with E-state index in [4.69, 9.17) is 0 Å². The van der Waals surface area contributed by atoms with Gasteiger partial charge in [0.15, 0.2) is 5.16 Å². The fourth-order valence-electron chi connectivity index (χ4n) is 3.74. The van der Waals surface area contributed by atoms with E-state index >= 15 is 0 Å². The van der Waals surface area contributed by atoms with Crippen molar-refractivity contribution in [3.8, 4) is 0 Å². The van der Waals surface area contributed by atoms with Gasteiger partial charge in [-0.1, -0.05) is 11.8 Å². The normalized spacial score (nSPS) is 28.6. The van der Waals surface area contributed by atoms with Crippen LogP contribution in [0.3, 0.4) is 0 Å². The van der Waals surface area contributed by atoms with E-state index in [0.717, 1.165) is 12.8 Å². The molecule has 1 saturated carbocycles. The topological polar surface area (TPSA) is 104 Å². The van der Waals surface area contributed by atoms with Crippen LogP contribution in [0, 0.1) is 11.3 Å². The van der Waals surface area contributed by atoms with Crippen LogP contribution in [0.15, 0.2) is 34.2 Å². The Morgan fingerprint density at radius 1 is 1.43 bits per heavy atom. The van der Waals surface area contributed by atoms with E-state index in [9.17, 15) is 19.8 Å². The molecule has 1 aromatic rings. The lowest BCUT2D eigenvalue weighted by Gasteiger charge is -2.47. The molecule has 120 valence electrons. The third-order valence-corrected chi connectivity index (χ3v) is 6.06. The minimum Gasteiger partial charge on any atom is -0.477 e. The van der Waals surface area contributed by atoms with Crippen LogP contribution in [0.5, 0.6) is 0 Å². The number of aliphatic hydroxyl groups is 1.